The number of carbonyl (C=O) groups is 2. The van der Waals surface area contributed by atoms with E-state index in [1.165, 1.54) is 7.11 Å². The van der Waals surface area contributed by atoms with Gasteiger partial charge in [0.15, 0.2) is 0 Å². The molecule has 1 saturated heterocycles. The molecular weight excluding hydrogens is 396 g/mol. The maximum Gasteiger partial charge on any atom is 0.418 e. The zero-order valence-corrected chi connectivity index (χ0v) is 17.9. The van der Waals surface area contributed by atoms with Gasteiger partial charge in [0.2, 0.25) is 0 Å². The number of esters is 1. The third-order valence-electron chi connectivity index (χ3n) is 4.56. The van der Waals surface area contributed by atoms with Gasteiger partial charge in [-0.15, -0.1) is 5.10 Å². The molecule has 0 unspecified atom stereocenters. The number of fused-ring (bicyclic) bond motifs is 1. The molecule has 0 atom stereocenters. The van der Waals surface area contributed by atoms with Gasteiger partial charge < -0.3 is 14.4 Å². The minimum absolute atomic E-state index is 0.324. The van der Waals surface area contributed by atoms with Gasteiger partial charge in [-0.05, 0) is 49.1 Å². The highest BCUT2D eigenvalue weighted by Crippen LogP contribution is 2.29. The van der Waals surface area contributed by atoms with Crippen LogP contribution >= 0.6 is 0 Å². The lowest BCUT2D eigenvalue weighted by Gasteiger charge is -2.37. The van der Waals surface area contributed by atoms with E-state index in [-0.39, 0.29) is 0 Å². The first kappa shape index (κ1) is 21.0. The molecule has 2 heterocycles. The van der Waals surface area contributed by atoms with E-state index in [1.807, 2.05) is 6.07 Å². The van der Waals surface area contributed by atoms with E-state index < -0.39 is 27.8 Å². The smallest absolute Gasteiger partial charge is 0.418 e. The van der Waals surface area contributed by atoms with E-state index in [0.29, 0.717) is 35.7 Å². The molecule has 2 aromatic rings. The average Bonchev–Trinajstić information content (AvgIpc) is 2.65. The van der Waals surface area contributed by atoms with Crippen molar-refractivity contribution < 1.29 is 23.3 Å². The van der Waals surface area contributed by atoms with Crippen molar-refractivity contribution >= 4 is 38.8 Å². The first-order chi connectivity index (χ1) is 13.6. The van der Waals surface area contributed by atoms with Gasteiger partial charge in [0.25, 0.3) is 0 Å². The Morgan fingerprint density at radius 1 is 1.17 bits per heavy atom. The van der Waals surface area contributed by atoms with Gasteiger partial charge in [0, 0.05) is 35.7 Å². The number of carbonyl (C=O) groups excluding carboxylic acids is 2. The second-order valence-corrected chi connectivity index (χ2v) is 10.8. The summed E-state index contributed by atoms with van der Waals surface area (Å²) in [6.07, 6.45) is 0.906. The number of hydrogen-bond acceptors (Lipinski definition) is 8. The Morgan fingerprint density at radius 2 is 1.86 bits per heavy atom. The van der Waals surface area contributed by atoms with Crippen LogP contribution in [0.15, 0.2) is 24.4 Å². The van der Waals surface area contributed by atoms with Gasteiger partial charge in [-0.25, -0.2) is 9.59 Å². The Hall–Kier alpha value is -2.75. The molecule has 158 valence electrons. The second kappa shape index (κ2) is 7.94. The highest BCUT2D eigenvalue weighted by atomic mass is 32.3. The summed E-state index contributed by atoms with van der Waals surface area (Å²) in [7, 11) is -1.55. The number of amides is 1. The Labute approximate surface area is 170 Å². The molecule has 3 rings (SSSR count). The highest BCUT2D eigenvalue weighted by molar-refractivity contribution is 8.01. The molecule has 1 aliphatic rings. The SMILES string of the molecule is COC(=O)c1ccc(N2CC[SH](=O)(NC(=O)OC(C)(C)C)CC2)c2ccnnc12. The molecule has 1 aromatic carbocycles. The van der Waals surface area contributed by atoms with Gasteiger partial charge >= 0.3 is 12.1 Å². The van der Waals surface area contributed by atoms with Crippen molar-refractivity contribution in [1.29, 1.82) is 0 Å². The van der Waals surface area contributed by atoms with Crippen molar-refractivity contribution in [3.8, 4) is 0 Å². The number of benzene rings is 1. The van der Waals surface area contributed by atoms with Crippen LogP contribution < -0.4 is 9.62 Å². The van der Waals surface area contributed by atoms with Crippen LogP contribution in [0.5, 0.6) is 0 Å². The summed E-state index contributed by atoms with van der Waals surface area (Å²) < 4.78 is 25.7. The van der Waals surface area contributed by atoms with Crippen molar-refractivity contribution in [1.82, 2.24) is 14.9 Å². The number of hydrogen-bond donors (Lipinski definition) is 2. The fourth-order valence-corrected chi connectivity index (χ4v) is 5.18. The van der Waals surface area contributed by atoms with Gasteiger partial charge in [0.05, 0.1) is 18.9 Å². The molecule has 1 N–H and O–H groups in total. The number of anilines is 1. The lowest BCUT2D eigenvalue weighted by molar-refractivity contribution is 0.0567. The highest BCUT2D eigenvalue weighted by Gasteiger charge is 2.28. The Morgan fingerprint density at radius 3 is 2.48 bits per heavy atom. The van der Waals surface area contributed by atoms with E-state index in [4.69, 9.17) is 9.47 Å². The van der Waals surface area contributed by atoms with Crippen LogP contribution in [0.25, 0.3) is 10.9 Å². The summed E-state index contributed by atoms with van der Waals surface area (Å²) in [6.45, 7) is 6.26. The molecule has 1 fully saturated rings. The van der Waals surface area contributed by atoms with Crippen molar-refractivity contribution in [2.24, 2.45) is 0 Å². The van der Waals surface area contributed by atoms with Crippen LogP contribution in [-0.2, 0) is 19.6 Å². The van der Waals surface area contributed by atoms with Crippen LogP contribution in [0.3, 0.4) is 0 Å². The summed E-state index contributed by atoms with van der Waals surface area (Å²) in [4.78, 5) is 26.1. The van der Waals surface area contributed by atoms with Gasteiger partial charge in [0.1, 0.15) is 11.1 Å². The fourth-order valence-electron chi connectivity index (χ4n) is 3.23. The normalized spacial score (nSPS) is 17.4. The zero-order chi connectivity index (χ0) is 21.2. The average molecular weight is 423 g/mol. The molecule has 0 bridgehead atoms. The quantitative estimate of drug-likeness (QED) is 0.568. The van der Waals surface area contributed by atoms with Gasteiger partial charge in [-0.3, -0.25) is 8.93 Å². The third kappa shape index (κ3) is 4.81. The Kier molecular flexibility index (Phi) is 5.74. The number of aromatic nitrogens is 2. The second-order valence-electron chi connectivity index (χ2n) is 7.85. The lowest BCUT2D eigenvalue weighted by Crippen LogP contribution is -2.52. The van der Waals surface area contributed by atoms with E-state index >= 15 is 0 Å². The molecule has 1 amide bonds. The maximum absolute atomic E-state index is 13.0. The minimum atomic E-state index is -2.87. The van der Waals surface area contributed by atoms with Crippen LogP contribution in [0, 0.1) is 0 Å². The van der Waals surface area contributed by atoms with E-state index in [0.717, 1.165) is 11.1 Å². The summed E-state index contributed by atoms with van der Waals surface area (Å²) in [5.41, 5.74) is 1.02. The van der Waals surface area contributed by atoms with Crippen molar-refractivity contribution in [3.63, 3.8) is 0 Å². The largest absolute Gasteiger partial charge is 0.465 e. The molecular formula is C19H26N4O5S. The summed E-state index contributed by atoms with van der Waals surface area (Å²) in [5.74, 6) is 0.169. The topological polar surface area (TPSA) is 111 Å². The summed E-state index contributed by atoms with van der Waals surface area (Å²) >= 11 is 0. The van der Waals surface area contributed by atoms with Gasteiger partial charge in [-0.2, -0.15) is 5.10 Å². The molecule has 0 spiro atoms. The summed E-state index contributed by atoms with van der Waals surface area (Å²) in [6, 6.07) is 5.27. The monoisotopic (exact) mass is 422 g/mol. The number of methoxy groups -OCH3 is 1. The molecule has 10 heteroatoms. The Balaban J connectivity index is 1.78. The third-order valence-corrected chi connectivity index (χ3v) is 7.00. The van der Waals surface area contributed by atoms with E-state index in [1.54, 1.807) is 39.1 Å². The maximum atomic E-state index is 13.0. The molecule has 1 aromatic heterocycles. The molecule has 0 radical (unpaired) electrons. The van der Waals surface area contributed by atoms with E-state index in [9.17, 15) is 13.8 Å². The lowest BCUT2D eigenvalue weighted by atomic mass is 10.1. The van der Waals surface area contributed by atoms with E-state index in [2.05, 4.69) is 19.8 Å². The van der Waals surface area contributed by atoms with Crippen LogP contribution in [0.2, 0.25) is 0 Å². The number of nitrogens with zero attached hydrogens (tertiary/aromatic N) is 3. The zero-order valence-electron chi connectivity index (χ0n) is 17.0. The molecule has 0 saturated carbocycles. The van der Waals surface area contributed by atoms with Crippen LogP contribution in [-0.4, -0.2) is 63.8 Å². The number of nitrogens with one attached hydrogen (secondary N) is 1. The minimum Gasteiger partial charge on any atom is -0.465 e. The molecule has 29 heavy (non-hydrogen) atoms. The van der Waals surface area contributed by atoms with Crippen molar-refractivity contribution in [3.05, 3.63) is 30.0 Å². The summed E-state index contributed by atoms with van der Waals surface area (Å²) in [5, 5.41) is 8.74. The van der Waals surface area contributed by atoms with Crippen LogP contribution in [0.4, 0.5) is 10.5 Å². The molecule has 1 aliphatic heterocycles. The molecule has 9 nitrogen and oxygen atoms in total. The predicted molar refractivity (Wildman–Crippen MR) is 112 cm³/mol. The number of ether oxygens (including phenoxy) is 2. The predicted octanol–water partition coefficient (Wildman–Crippen LogP) is 1.69. The van der Waals surface area contributed by atoms with Gasteiger partial charge in [-0.1, -0.05) is 0 Å². The van der Waals surface area contributed by atoms with Crippen molar-refractivity contribution in [2.45, 2.75) is 26.4 Å². The first-order valence-electron chi connectivity index (χ1n) is 9.29. The molecule has 0 aliphatic carbocycles. The fraction of sp³-hybridized carbons (Fsp3) is 0.474. The van der Waals surface area contributed by atoms with Crippen molar-refractivity contribution in [2.75, 3.05) is 36.6 Å². The number of rotatable bonds is 3. The standard InChI is InChI=1S/C19H26N4O5S/c1-19(2,3)28-18(25)22-29(26)11-9-23(10-12-29)15-6-5-14(17(24)27-4)16-13(15)7-8-20-21-16/h5-8,29H,9-12H2,1-4H3,(H,22,25,26). The first-order valence-corrected chi connectivity index (χ1v) is 11.4. The Bertz CT molecular complexity index is 976. The van der Waals surface area contributed by atoms with Crippen LogP contribution in [0.1, 0.15) is 31.1 Å². The number of thiol groups is 1.